The van der Waals surface area contributed by atoms with E-state index in [2.05, 4.69) is 20.9 Å². The maximum atomic E-state index is 11.9. The first-order chi connectivity index (χ1) is 13.0. The van der Waals surface area contributed by atoms with Crippen LogP contribution in [0, 0.1) is 0 Å². The fourth-order valence-corrected chi connectivity index (χ4v) is 3.49. The van der Waals surface area contributed by atoms with E-state index in [4.69, 9.17) is 9.47 Å². The number of nitrogens with zero attached hydrogens (tertiary/aromatic N) is 3. The lowest BCUT2D eigenvalue weighted by Gasteiger charge is -2.32. The van der Waals surface area contributed by atoms with Crippen molar-refractivity contribution >= 4 is 5.95 Å². The first-order valence-corrected chi connectivity index (χ1v) is 9.22. The third-order valence-corrected chi connectivity index (χ3v) is 5.07. The highest BCUT2D eigenvalue weighted by molar-refractivity contribution is 5.40. The third-order valence-electron chi connectivity index (χ3n) is 5.07. The molecule has 0 saturated carbocycles. The molecule has 1 aromatic carbocycles. The molecule has 1 aliphatic rings. The molecule has 27 heavy (non-hydrogen) atoms. The van der Waals surface area contributed by atoms with Gasteiger partial charge in [-0.3, -0.25) is 14.7 Å². The van der Waals surface area contributed by atoms with E-state index >= 15 is 0 Å². The number of benzene rings is 1. The summed E-state index contributed by atoms with van der Waals surface area (Å²) in [6, 6.07) is 7.59. The van der Waals surface area contributed by atoms with Crippen LogP contribution in [0.1, 0.15) is 30.0 Å². The van der Waals surface area contributed by atoms with E-state index in [9.17, 15) is 4.79 Å². The van der Waals surface area contributed by atoms with E-state index < -0.39 is 0 Å². The van der Waals surface area contributed by atoms with E-state index in [0.717, 1.165) is 55.2 Å². The normalized spacial score (nSPS) is 15.6. The van der Waals surface area contributed by atoms with Crippen LogP contribution >= 0.6 is 0 Å². The molecule has 3 rings (SSSR count). The Hall–Kier alpha value is -2.54. The van der Waals surface area contributed by atoms with Crippen LogP contribution < -0.4 is 19.9 Å². The van der Waals surface area contributed by atoms with Crippen LogP contribution in [0.4, 0.5) is 5.95 Å². The summed E-state index contributed by atoms with van der Waals surface area (Å²) in [6.45, 7) is 2.77. The van der Waals surface area contributed by atoms with Gasteiger partial charge in [0.2, 0.25) is 5.95 Å². The lowest BCUT2D eigenvalue weighted by Crippen LogP contribution is -2.33. The van der Waals surface area contributed by atoms with Gasteiger partial charge in [0.25, 0.3) is 5.56 Å². The maximum absolute atomic E-state index is 11.9. The van der Waals surface area contributed by atoms with Gasteiger partial charge in [0.05, 0.1) is 19.9 Å². The van der Waals surface area contributed by atoms with Gasteiger partial charge in [-0.1, -0.05) is 6.07 Å². The molecule has 1 fully saturated rings. The molecule has 0 unspecified atom stereocenters. The number of hydrogen-bond donors (Lipinski definition) is 1. The molecule has 0 spiro atoms. The minimum absolute atomic E-state index is 0.0888. The summed E-state index contributed by atoms with van der Waals surface area (Å²) in [7, 11) is 7.11. The van der Waals surface area contributed by atoms with Crippen LogP contribution in [0.5, 0.6) is 11.5 Å². The number of nitrogens with one attached hydrogen (secondary N) is 1. The summed E-state index contributed by atoms with van der Waals surface area (Å²) >= 11 is 0. The predicted molar refractivity (Wildman–Crippen MR) is 106 cm³/mol. The monoisotopic (exact) mass is 372 g/mol. The predicted octanol–water partition coefficient (Wildman–Crippen LogP) is 2.23. The summed E-state index contributed by atoms with van der Waals surface area (Å²) in [5.41, 5.74) is 1.96. The van der Waals surface area contributed by atoms with Crippen LogP contribution in [0.25, 0.3) is 0 Å². The molecule has 1 saturated heterocycles. The molecule has 0 amide bonds. The zero-order chi connectivity index (χ0) is 19.4. The molecular formula is C20H28N4O3. The molecule has 1 aromatic heterocycles. The Bertz CT molecular complexity index is 826. The molecule has 7 nitrogen and oxygen atoms in total. The Labute approximate surface area is 159 Å². The number of aromatic nitrogens is 2. The minimum Gasteiger partial charge on any atom is -0.497 e. The van der Waals surface area contributed by atoms with Crippen molar-refractivity contribution in [3.63, 3.8) is 0 Å². The molecular weight excluding hydrogens is 344 g/mol. The summed E-state index contributed by atoms with van der Waals surface area (Å²) in [5.74, 6) is 2.58. The molecule has 7 heteroatoms. The van der Waals surface area contributed by atoms with Gasteiger partial charge in [-0.15, -0.1) is 0 Å². The van der Waals surface area contributed by atoms with Crippen molar-refractivity contribution in [1.29, 1.82) is 0 Å². The Morgan fingerprint density at radius 2 is 1.93 bits per heavy atom. The van der Waals surface area contributed by atoms with Crippen LogP contribution in [0.15, 0.2) is 29.1 Å². The van der Waals surface area contributed by atoms with Gasteiger partial charge in [0, 0.05) is 44.3 Å². The molecule has 2 heterocycles. The average Bonchev–Trinajstić information content (AvgIpc) is 2.68. The standard InChI is InChI=1S/C20H28N4O3/c1-23(2)20-21-17(12-19(25)22-20)14-7-9-24(10-8-14)13-15-5-6-16(26-3)11-18(15)27-4/h5-6,11-12,14H,7-10,13H2,1-4H3,(H,21,22,25). The quantitative estimate of drug-likeness (QED) is 0.839. The van der Waals surface area contributed by atoms with Crippen molar-refractivity contribution in [3.8, 4) is 11.5 Å². The number of ether oxygens (including phenoxy) is 2. The zero-order valence-corrected chi connectivity index (χ0v) is 16.5. The second-order valence-corrected chi connectivity index (χ2v) is 7.12. The molecule has 146 valence electrons. The van der Waals surface area contributed by atoms with Crippen molar-refractivity contribution in [1.82, 2.24) is 14.9 Å². The Balaban J connectivity index is 1.65. The van der Waals surface area contributed by atoms with Gasteiger partial charge < -0.3 is 14.4 Å². The number of aromatic amines is 1. The molecule has 0 radical (unpaired) electrons. The van der Waals surface area contributed by atoms with Crippen LogP contribution in [-0.2, 0) is 6.54 Å². The highest BCUT2D eigenvalue weighted by atomic mass is 16.5. The number of H-pyrrole nitrogens is 1. The van der Waals surface area contributed by atoms with Crippen LogP contribution in [0.3, 0.4) is 0 Å². The number of methoxy groups -OCH3 is 2. The van der Waals surface area contributed by atoms with Gasteiger partial charge in [-0.2, -0.15) is 0 Å². The largest absolute Gasteiger partial charge is 0.497 e. The number of rotatable bonds is 6. The maximum Gasteiger partial charge on any atom is 0.252 e. The second kappa shape index (κ2) is 8.43. The average molecular weight is 372 g/mol. The Morgan fingerprint density at radius 3 is 2.56 bits per heavy atom. The Morgan fingerprint density at radius 1 is 1.19 bits per heavy atom. The first kappa shape index (κ1) is 19.2. The summed E-state index contributed by atoms with van der Waals surface area (Å²) in [6.07, 6.45) is 1.98. The zero-order valence-electron chi connectivity index (χ0n) is 16.5. The van der Waals surface area contributed by atoms with Gasteiger partial charge >= 0.3 is 0 Å². The Kier molecular flexibility index (Phi) is 6.01. The van der Waals surface area contributed by atoms with Crippen molar-refractivity contribution < 1.29 is 9.47 Å². The van der Waals surface area contributed by atoms with E-state index in [1.54, 1.807) is 20.3 Å². The van der Waals surface area contributed by atoms with Crippen LogP contribution in [0.2, 0.25) is 0 Å². The highest BCUT2D eigenvalue weighted by Gasteiger charge is 2.23. The van der Waals surface area contributed by atoms with E-state index in [1.165, 1.54) is 0 Å². The van der Waals surface area contributed by atoms with Crippen LogP contribution in [-0.4, -0.2) is 56.3 Å². The van der Waals surface area contributed by atoms with Crippen molar-refractivity contribution in [2.75, 3.05) is 46.3 Å². The number of anilines is 1. The second-order valence-electron chi connectivity index (χ2n) is 7.12. The molecule has 0 bridgehead atoms. The fourth-order valence-electron chi connectivity index (χ4n) is 3.49. The lowest BCUT2D eigenvalue weighted by molar-refractivity contribution is 0.201. The lowest BCUT2D eigenvalue weighted by atomic mass is 9.93. The van der Waals surface area contributed by atoms with Crippen molar-refractivity contribution in [3.05, 3.63) is 45.9 Å². The molecule has 0 atom stereocenters. The van der Waals surface area contributed by atoms with E-state index in [0.29, 0.717) is 11.9 Å². The smallest absolute Gasteiger partial charge is 0.252 e. The molecule has 2 aromatic rings. The first-order valence-electron chi connectivity index (χ1n) is 9.22. The minimum atomic E-state index is -0.0888. The van der Waals surface area contributed by atoms with E-state index in [1.807, 2.05) is 31.1 Å². The SMILES string of the molecule is COc1ccc(CN2CCC(c3cc(=O)[nH]c(N(C)C)n3)CC2)c(OC)c1. The van der Waals surface area contributed by atoms with Gasteiger partial charge in [-0.05, 0) is 32.0 Å². The highest BCUT2D eigenvalue weighted by Crippen LogP contribution is 2.30. The van der Waals surface area contributed by atoms with E-state index in [-0.39, 0.29) is 5.56 Å². The number of likely N-dealkylation sites (tertiary alicyclic amines) is 1. The number of piperidine rings is 1. The molecule has 1 aliphatic heterocycles. The third kappa shape index (κ3) is 4.60. The van der Waals surface area contributed by atoms with Gasteiger partial charge in [0.15, 0.2) is 0 Å². The summed E-state index contributed by atoms with van der Waals surface area (Å²) in [5, 5.41) is 0. The summed E-state index contributed by atoms with van der Waals surface area (Å²) < 4.78 is 10.8. The fraction of sp³-hybridized carbons (Fsp3) is 0.500. The number of hydrogen-bond acceptors (Lipinski definition) is 6. The van der Waals surface area contributed by atoms with Crippen molar-refractivity contribution in [2.24, 2.45) is 0 Å². The molecule has 0 aliphatic carbocycles. The molecule has 1 N–H and O–H groups in total. The van der Waals surface area contributed by atoms with Crippen molar-refractivity contribution in [2.45, 2.75) is 25.3 Å². The van der Waals surface area contributed by atoms with Gasteiger partial charge in [0.1, 0.15) is 11.5 Å². The van der Waals surface area contributed by atoms with Gasteiger partial charge in [-0.25, -0.2) is 4.98 Å². The summed E-state index contributed by atoms with van der Waals surface area (Å²) in [4.78, 5) is 23.6. The topological polar surface area (TPSA) is 70.7 Å².